The first-order chi connectivity index (χ1) is 17.7. The lowest BCUT2D eigenvalue weighted by molar-refractivity contribution is -0.193. The number of rotatable bonds is 5. The van der Waals surface area contributed by atoms with Crippen LogP contribution in [0.5, 0.6) is 0 Å². The van der Waals surface area contributed by atoms with E-state index < -0.39 is 24.3 Å². The number of likely N-dealkylation sites (tertiary alicyclic amines) is 1. The molecule has 2 saturated heterocycles. The predicted octanol–water partition coefficient (Wildman–Crippen LogP) is 4.15. The van der Waals surface area contributed by atoms with Crippen LogP contribution in [0.25, 0.3) is 0 Å². The van der Waals surface area contributed by atoms with Crippen molar-refractivity contribution in [1.29, 1.82) is 0 Å². The van der Waals surface area contributed by atoms with Crippen molar-refractivity contribution in [1.82, 2.24) is 14.9 Å². The average Bonchev–Trinajstić information content (AvgIpc) is 3.48. The Labute approximate surface area is 217 Å². The zero-order chi connectivity index (χ0) is 28.4. The number of piperidine rings is 1. The molecule has 0 aliphatic carbocycles. The molecule has 2 atom stereocenters. The Morgan fingerprint density at radius 2 is 1.76 bits per heavy atom. The second-order valence-electron chi connectivity index (χ2n) is 8.30. The van der Waals surface area contributed by atoms with Gasteiger partial charge in [0.15, 0.2) is 0 Å². The van der Waals surface area contributed by atoms with Crippen molar-refractivity contribution in [2.75, 3.05) is 19.7 Å². The summed E-state index contributed by atoms with van der Waals surface area (Å²) in [6.45, 7) is 4.30. The summed E-state index contributed by atoms with van der Waals surface area (Å²) in [5.74, 6) is -5.51. The Hall–Kier alpha value is -2.82. The molecule has 0 radical (unpaired) electrons. The molecule has 0 unspecified atom stereocenters. The second kappa shape index (κ2) is 13.8. The van der Waals surface area contributed by atoms with Crippen LogP contribution >= 0.6 is 11.3 Å². The Balaban J connectivity index is 0.000000301. The third-order valence-corrected chi connectivity index (χ3v) is 6.08. The first-order valence-corrected chi connectivity index (χ1v) is 11.9. The lowest BCUT2D eigenvalue weighted by atomic mass is 9.89. The third-order valence-electron chi connectivity index (χ3n) is 5.31. The minimum absolute atomic E-state index is 0.0374. The van der Waals surface area contributed by atoms with Gasteiger partial charge in [-0.25, -0.2) is 14.6 Å². The number of nitrogens with zero attached hydrogens (tertiary/aromatic N) is 3. The van der Waals surface area contributed by atoms with Crippen molar-refractivity contribution in [2.24, 2.45) is 0 Å². The molecule has 38 heavy (non-hydrogen) atoms. The lowest BCUT2D eigenvalue weighted by Gasteiger charge is -2.39. The second-order valence-corrected chi connectivity index (χ2v) is 9.28. The van der Waals surface area contributed by atoms with Crippen molar-refractivity contribution in [3.8, 4) is 0 Å². The molecule has 212 valence electrons. The fourth-order valence-corrected chi connectivity index (χ4v) is 4.39. The van der Waals surface area contributed by atoms with Gasteiger partial charge in [0.1, 0.15) is 5.01 Å². The van der Waals surface area contributed by atoms with Gasteiger partial charge in [-0.15, -0.1) is 11.3 Å². The van der Waals surface area contributed by atoms with Crippen molar-refractivity contribution in [3.05, 3.63) is 46.7 Å². The summed E-state index contributed by atoms with van der Waals surface area (Å²) in [6, 6.07) is 5.92. The van der Waals surface area contributed by atoms with Crippen LogP contribution in [0.3, 0.4) is 0 Å². The molecule has 2 aliphatic heterocycles. The molecule has 2 N–H and O–H groups in total. The number of carboxylic acid groups (broad SMARTS) is 2. The summed E-state index contributed by atoms with van der Waals surface area (Å²) < 4.78 is 75.7. The summed E-state index contributed by atoms with van der Waals surface area (Å²) in [4.78, 5) is 29.0. The molecule has 2 aromatic rings. The van der Waals surface area contributed by atoms with Gasteiger partial charge in [0, 0.05) is 30.7 Å². The highest BCUT2D eigenvalue weighted by atomic mass is 32.1. The number of pyridine rings is 1. The summed E-state index contributed by atoms with van der Waals surface area (Å²) in [5, 5.41) is 17.5. The van der Waals surface area contributed by atoms with Crippen molar-refractivity contribution in [2.45, 2.75) is 56.5 Å². The van der Waals surface area contributed by atoms with Gasteiger partial charge in [0.25, 0.3) is 0 Å². The van der Waals surface area contributed by atoms with E-state index in [-0.39, 0.29) is 11.7 Å². The van der Waals surface area contributed by atoms with E-state index >= 15 is 0 Å². The Kier molecular flexibility index (Phi) is 11.4. The van der Waals surface area contributed by atoms with Crippen LogP contribution in [0.4, 0.5) is 26.3 Å². The number of hydrogen-bond donors (Lipinski definition) is 2. The molecular weight excluding hydrogens is 548 g/mol. The maximum absolute atomic E-state index is 10.6. The molecule has 4 heterocycles. The molecular formula is C22H25F6N3O6S. The summed E-state index contributed by atoms with van der Waals surface area (Å²) >= 11 is 1.73. The van der Waals surface area contributed by atoms with Crippen LogP contribution in [0.1, 0.15) is 30.0 Å². The Morgan fingerprint density at radius 3 is 2.29 bits per heavy atom. The van der Waals surface area contributed by atoms with Gasteiger partial charge in [-0.2, -0.15) is 26.3 Å². The highest BCUT2D eigenvalue weighted by Crippen LogP contribution is 2.36. The monoisotopic (exact) mass is 573 g/mol. The van der Waals surface area contributed by atoms with Crippen LogP contribution in [0.15, 0.2) is 36.0 Å². The van der Waals surface area contributed by atoms with Crippen LogP contribution < -0.4 is 0 Å². The molecule has 0 amide bonds. The maximum Gasteiger partial charge on any atom is 0.490 e. The molecule has 1 spiro atoms. The van der Waals surface area contributed by atoms with E-state index in [4.69, 9.17) is 29.3 Å². The van der Waals surface area contributed by atoms with Gasteiger partial charge >= 0.3 is 24.3 Å². The van der Waals surface area contributed by atoms with Gasteiger partial charge in [-0.1, -0.05) is 6.07 Å². The van der Waals surface area contributed by atoms with Crippen LogP contribution in [0.2, 0.25) is 0 Å². The Bertz CT molecular complexity index is 985. The molecule has 9 nitrogen and oxygen atoms in total. The highest BCUT2D eigenvalue weighted by Gasteiger charge is 2.44. The molecule has 0 saturated carbocycles. The van der Waals surface area contributed by atoms with Crippen LogP contribution in [-0.4, -0.2) is 80.8 Å². The highest BCUT2D eigenvalue weighted by molar-refractivity contribution is 7.09. The van der Waals surface area contributed by atoms with Gasteiger partial charge in [0.05, 0.1) is 37.2 Å². The number of alkyl halides is 6. The molecule has 2 aromatic heterocycles. The number of hydrogen-bond acceptors (Lipinski definition) is 8. The largest absolute Gasteiger partial charge is 0.490 e. The molecule has 2 aliphatic rings. The fraction of sp³-hybridized carbons (Fsp3) is 0.545. The summed E-state index contributed by atoms with van der Waals surface area (Å²) in [5.41, 5.74) is 0.942. The van der Waals surface area contributed by atoms with Crippen molar-refractivity contribution >= 4 is 23.3 Å². The average molecular weight is 574 g/mol. The minimum atomic E-state index is -5.08. The van der Waals surface area contributed by atoms with Crippen molar-refractivity contribution in [3.63, 3.8) is 0 Å². The smallest absolute Gasteiger partial charge is 0.475 e. The van der Waals surface area contributed by atoms with E-state index in [1.165, 1.54) is 11.4 Å². The molecule has 16 heteroatoms. The van der Waals surface area contributed by atoms with Gasteiger partial charge in [-0.3, -0.25) is 9.88 Å². The number of aromatic nitrogens is 2. The molecule has 0 aromatic carbocycles. The quantitative estimate of drug-likeness (QED) is 0.508. The van der Waals surface area contributed by atoms with E-state index in [1.807, 2.05) is 36.0 Å². The first-order valence-electron chi connectivity index (χ1n) is 11.1. The number of halogens is 6. The maximum atomic E-state index is 10.6. The zero-order valence-corrected chi connectivity index (χ0v) is 20.6. The number of aliphatic carboxylic acids is 2. The van der Waals surface area contributed by atoms with E-state index in [9.17, 15) is 26.3 Å². The van der Waals surface area contributed by atoms with Crippen molar-refractivity contribution < 1.29 is 55.6 Å². The SMILES string of the molecule is O=C(O)C(F)(F)F.O=C(O)C(F)(F)F.c1ccc(CO[C@H]2CO[C@@]3(CCCN(Cc4nccs4)C3)C2)nc1. The summed E-state index contributed by atoms with van der Waals surface area (Å²) in [6.07, 6.45) is -3.01. The lowest BCUT2D eigenvalue weighted by Crippen LogP contribution is -2.47. The van der Waals surface area contributed by atoms with Gasteiger partial charge in [-0.05, 0) is 31.5 Å². The van der Waals surface area contributed by atoms with E-state index in [2.05, 4.69) is 14.9 Å². The Morgan fingerprint density at radius 1 is 1.11 bits per heavy atom. The van der Waals surface area contributed by atoms with Crippen LogP contribution in [-0.2, 0) is 32.2 Å². The number of thiazole rings is 1. The van der Waals surface area contributed by atoms with Gasteiger partial charge < -0.3 is 19.7 Å². The number of carboxylic acids is 2. The molecule has 2 fully saturated rings. The fourth-order valence-electron chi connectivity index (χ4n) is 3.73. The van der Waals surface area contributed by atoms with E-state index in [0.29, 0.717) is 13.2 Å². The molecule has 4 rings (SSSR count). The molecule has 0 bridgehead atoms. The van der Waals surface area contributed by atoms with E-state index in [1.54, 1.807) is 11.3 Å². The first kappa shape index (κ1) is 31.4. The van der Waals surface area contributed by atoms with Gasteiger partial charge in [0.2, 0.25) is 0 Å². The number of carbonyl (C=O) groups is 2. The number of ether oxygens (including phenoxy) is 2. The predicted molar refractivity (Wildman–Crippen MR) is 120 cm³/mol. The zero-order valence-electron chi connectivity index (χ0n) is 19.7. The normalized spacial score (nSPS) is 21.7. The third kappa shape index (κ3) is 10.9. The summed E-state index contributed by atoms with van der Waals surface area (Å²) in [7, 11) is 0. The minimum Gasteiger partial charge on any atom is -0.475 e. The van der Waals surface area contributed by atoms with E-state index in [0.717, 1.165) is 38.2 Å². The topological polar surface area (TPSA) is 122 Å². The van der Waals surface area contributed by atoms with Crippen LogP contribution in [0, 0.1) is 0 Å². The standard InChI is InChI=1S/C18H23N3O2S.2C2HF3O2/c1-2-6-19-15(4-1)12-22-16-10-18(23-13-16)5-3-8-21(14-18)11-17-20-7-9-24-17;2*3-2(4,5)1(6)7/h1-2,4,6-7,9,16H,3,5,8,10-14H2;2*(H,6,7)/t16-,18+;;/m1../s1.